The molecule has 2 N–H and O–H groups in total. The molecule has 8 heteroatoms. The third-order valence-corrected chi connectivity index (χ3v) is 5.42. The first kappa shape index (κ1) is 24.6. The van der Waals surface area contributed by atoms with E-state index in [4.69, 9.17) is 4.74 Å². The predicted molar refractivity (Wildman–Crippen MR) is 123 cm³/mol. The summed E-state index contributed by atoms with van der Waals surface area (Å²) in [5.74, 6) is -1.86. The van der Waals surface area contributed by atoms with Gasteiger partial charge < -0.3 is 24.6 Å². The number of aliphatic hydroxyl groups excluding tert-OH is 2. The standard InChI is InChI=1S/C25H31N2O6/c1-26(2)19-11-8-18(9-12-19)10-13-20-7-3-4-14-27(20)15-5-6-16-32-17-21(28)24-22(29)23(30)25(31)33-24/h3-4,7-14,21,23-24,28,30H,5-6,15-17H2,1-2H3/q+1. The van der Waals surface area contributed by atoms with E-state index in [0.29, 0.717) is 6.61 Å². The summed E-state index contributed by atoms with van der Waals surface area (Å²) in [5, 5.41) is 19.3. The lowest BCUT2D eigenvalue weighted by Gasteiger charge is -2.15. The molecule has 0 saturated carbocycles. The number of cyclic esters (lactones) is 1. The van der Waals surface area contributed by atoms with Crippen molar-refractivity contribution in [2.75, 3.05) is 32.2 Å². The van der Waals surface area contributed by atoms with Crippen LogP contribution in [0.2, 0.25) is 0 Å². The van der Waals surface area contributed by atoms with Gasteiger partial charge in [-0.25, -0.2) is 4.79 Å². The highest BCUT2D eigenvalue weighted by molar-refractivity contribution is 6.09. The van der Waals surface area contributed by atoms with Crippen molar-refractivity contribution in [2.45, 2.75) is 37.7 Å². The van der Waals surface area contributed by atoms with Crippen LogP contribution in [0.4, 0.5) is 5.69 Å². The van der Waals surface area contributed by atoms with Crippen LogP contribution in [0.1, 0.15) is 24.1 Å². The van der Waals surface area contributed by atoms with Crippen LogP contribution < -0.4 is 9.47 Å². The van der Waals surface area contributed by atoms with Gasteiger partial charge in [0.05, 0.1) is 6.61 Å². The van der Waals surface area contributed by atoms with E-state index in [-0.39, 0.29) is 6.61 Å². The number of pyridine rings is 1. The lowest BCUT2D eigenvalue weighted by molar-refractivity contribution is -0.699. The van der Waals surface area contributed by atoms with Gasteiger partial charge in [0.25, 0.3) is 0 Å². The second-order valence-electron chi connectivity index (χ2n) is 8.15. The molecule has 1 saturated heterocycles. The molecule has 2 heterocycles. The summed E-state index contributed by atoms with van der Waals surface area (Å²) in [6, 6.07) is 14.4. The molecule has 1 aromatic carbocycles. The van der Waals surface area contributed by atoms with E-state index in [9.17, 15) is 19.8 Å². The summed E-state index contributed by atoms with van der Waals surface area (Å²) in [7, 11) is 4.03. The largest absolute Gasteiger partial charge is 0.449 e. The van der Waals surface area contributed by atoms with Gasteiger partial charge in [0.1, 0.15) is 12.6 Å². The topological polar surface area (TPSA) is 100 Å². The lowest BCUT2D eigenvalue weighted by Crippen LogP contribution is -2.37. The van der Waals surface area contributed by atoms with Crippen molar-refractivity contribution in [1.29, 1.82) is 0 Å². The number of Topliss-reactive ketones (excluding diaryl/α,β-unsaturated/α-hetero) is 1. The van der Waals surface area contributed by atoms with Gasteiger partial charge in [-0.05, 0) is 36.3 Å². The highest BCUT2D eigenvalue weighted by atomic mass is 16.6. The molecule has 3 unspecified atom stereocenters. The molecule has 1 aromatic heterocycles. The molecule has 176 valence electrons. The zero-order valence-corrected chi connectivity index (χ0v) is 19.0. The summed E-state index contributed by atoms with van der Waals surface area (Å²) in [4.78, 5) is 24.9. The minimum atomic E-state index is -1.81. The molecule has 0 aliphatic carbocycles. The minimum Gasteiger partial charge on any atom is -0.449 e. The van der Waals surface area contributed by atoms with E-state index in [1.165, 1.54) is 0 Å². The van der Waals surface area contributed by atoms with Crippen molar-refractivity contribution in [2.24, 2.45) is 0 Å². The molecule has 1 aliphatic rings. The van der Waals surface area contributed by atoms with Crippen LogP contribution in [0.5, 0.6) is 0 Å². The Kier molecular flexibility index (Phi) is 8.71. The predicted octanol–water partition coefficient (Wildman–Crippen LogP) is 1.22. The first-order chi connectivity index (χ1) is 15.9. The Morgan fingerprint density at radius 2 is 1.88 bits per heavy atom. The van der Waals surface area contributed by atoms with Crippen molar-refractivity contribution < 1.29 is 33.8 Å². The Morgan fingerprint density at radius 1 is 1.12 bits per heavy atom. The maximum atomic E-state index is 11.6. The molecule has 2 aromatic rings. The van der Waals surface area contributed by atoms with Crippen molar-refractivity contribution in [3.05, 3.63) is 59.9 Å². The van der Waals surface area contributed by atoms with Gasteiger partial charge >= 0.3 is 5.97 Å². The molecule has 1 fully saturated rings. The number of aliphatic hydroxyl groups is 2. The molecule has 3 rings (SSSR count). The Bertz CT molecular complexity index is 973. The molecule has 0 spiro atoms. The molecular formula is C25H31N2O6+. The van der Waals surface area contributed by atoms with Crippen LogP contribution in [0.25, 0.3) is 12.2 Å². The fourth-order valence-corrected chi connectivity index (χ4v) is 3.47. The Balaban J connectivity index is 1.42. The second-order valence-corrected chi connectivity index (χ2v) is 8.15. The van der Waals surface area contributed by atoms with Gasteiger partial charge in [-0.1, -0.05) is 12.1 Å². The first-order valence-corrected chi connectivity index (χ1v) is 11.0. The average molecular weight is 456 g/mol. The molecule has 0 bridgehead atoms. The van der Waals surface area contributed by atoms with Crippen molar-refractivity contribution in [3.63, 3.8) is 0 Å². The summed E-state index contributed by atoms with van der Waals surface area (Å²) in [5.41, 5.74) is 3.37. The molecule has 0 radical (unpaired) electrons. The quantitative estimate of drug-likeness (QED) is 0.227. The van der Waals surface area contributed by atoms with Crippen molar-refractivity contribution in [3.8, 4) is 0 Å². The average Bonchev–Trinajstić information content (AvgIpc) is 3.08. The van der Waals surface area contributed by atoms with Crippen LogP contribution >= 0.6 is 0 Å². The molecule has 0 amide bonds. The van der Waals surface area contributed by atoms with E-state index in [1.54, 1.807) is 0 Å². The third-order valence-electron chi connectivity index (χ3n) is 5.42. The second kappa shape index (κ2) is 11.7. The highest BCUT2D eigenvalue weighted by Gasteiger charge is 2.45. The number of rotatable bonds is 11. The van der Waals surface area contributed by atoms with E-state index < -0.39 is 30.1 Å². The van der Waals surface area contributed by atoms with Crippen LogP contribution in [0.15, 0.2) is 48.7 Å². The Labute approximate surface area is 193 Å². The lowest BCUT2D eigenvalue weighted by atomic mass is 10.1. The van der Waals surface area contributed by atoms with Gasteiger partial charge in [-0.3, -0.25) is 4.79 Å². The fourth-order valence-electron chi connectivity index (χ4n) is 3.47. The minimum absolute atomic E-state index is 0.143. The number of benzene rings is 1. The van der Waals surface area contributed by atoms with Crippen LogP contribution in [-0.2, 0) is 25.6 Å². The molecule has 8 nitrogen and oxygen atoms in total. The van der Waals surface area contributed by atoms with E-state index >= 15 is 0 Å². The van der Waals surface area contributed by atoms with Crippen molar-refractivity contribution >= 4 is 29.6 Å². The van der Waals surface area contributed by atoms with Crippen LogP contribution in [0, 0.1) is 0 Å². The van der Waals surface area contributed by atoms with Gasteiger partial charge in [-0.15, -0.1) is 0 Å². The zero-order valence-electron chi connectivity index (χ0n) is 19.0. The fraction of sp³-hybridized carbons (Fsp3) is 0.400. The summed E-state index contributed by atoms with van der Waals surface area (Å²) in [6.07, 6.45) is 3.37. The number of esters is 1. The number of carbonyl (C=O) groups excluding carboxylic acids is 2. The Hall–Kier alpha value is -3.07. The van der Waals surface area contributed by atoms with Crippen LogP contribution in [0.3, 0.4) is 0 Å². The summed E-state index contributed by atoms with van der Waals surface area (Å²) < 4.78 is 12.3. The van der Waals surface area contributed by atoms with Gasteiger partial charge in [0, 0.05) is 51.0 Å². The van der Waals surface area contributed by atoms with Gasteiger partial charge in [-0.2, -0.15) is 4.57 Å². The smallest absolute Gasteiger partial charge is 0.343 e. The molecule has 33 heavy (non-hydrogen) atoms. The third kappa shape index (κ3) is 6.71. The number of hydrogen-bond donors (Lipinski definition) is 2. The number of nitrogens with zero attached hydrogens (tertiary/aromatic N) is 2. The molecular weight excluding hydrogens is 424 g/mol. The number of aryl methyl sites for hydroxylation is 1. The number of ether oxygens (including phenoxy) is 2. The van der Waals surface area contributed by atoms with Crippen molar-refractivity contribution in [1.82, 2.24) is 0 Å². The maximum Gasteiger partial charge on any atom is 0.343 e. The highest BCUT2D eigenvalue weighted by Crippen LogP contribution is 2.15. The van der Waals surface area contributed by atoms with Crippen LogP contribution in [-0.4, -0.2) is 67.6 Å². The Morgan fingerprint density at radius 3 is 2.55 bits per heavy atom. The number of carbonyl (C=O) groups is 2. The number of hydrogen-bond acceptors (Lipinski definition) is 7. The van der Waals surface area contributed by atoms with E-state index in [2.05, 4.69) is 56.7 Å². The summed E-state index contributed by atoms with van der Waals surface area (Å²) >= 11 is 0. The number of ketones is 1. The van der Waals surface area contributed by atoms with E-state index in [0.717, 1.165) is 36.3 Å². The molecule has 3 atom stereocenters. The zero-order chi connectivity index (χ0) is 23.8. The number of anilines is 1. The normalized spacial score (nSPS) is 19.2. The number of aromatic nitrogens is 1. The van der Waals surface area contributed by atoms with Gasteiger partial charge in [0.2, 0.25) is 17.6 Å². The van der Waals surface area contributed by atoms with Gasteiger partial charge in [0.15, 0.2) is 12.3 Å². The maximum absolute atomic E-state index is 11.6. The monoisotopic (exact) mass is 455 g/mol. The number of unbranched alkanes of at least 4 members (excludes halogenated alkanes) is 1. The SMILES string of the molecule is CN(C)c1ccc(C=Cc2cccc[n+]2CCCCOCC(O)C2OC(=O)C(O)C2=O)cc1. The van der Waals surface area contributed by atoms with E-state index in [1.807, 2.05) is 32.4 Å². The molecule has 1 aliphatic heterocycles. The first-order valence-electron chi connectivity index (χ1n) is 11.0. The summed E-state index contributed by atoms with van der Waals surface area (Å²) in [6.45, 7) is 1.05.